The van der Waals surface area contributed by atoms with Crippen LogP contribution in [0.2, 0.25) is 0 Å². The van der Waals surface area contributed by atoms with Gasteiger partial charge in [-0.1, -0.05) is 36.4 Å². The first kappa shape index (κ1) is 21.4. The highest BCUT2D eigenvalue weighted by Crippen LogP contribution is 2.43. The molecule has 2 aromatic heterocycles. The number of aryl methyl sites for hydroxylation is 3. The molecule has 1 aliphatic rings. The van der Waals surface area contributed by atoms with Gasteiger partial charge in [-0.3, -0.25) is 4.98 Å². The number of rotatable bonds is 4. The second-order valence-corrected chi connectivity index (χ2v) is 9.17. The van der Waals surface area contributed by atoms with Crippen molar-refractivity contribution in [2.75, 3.05) is 4.90 Å². The van der Waals surface area contributed by atoms with Crippen LogP contribution in [0.3, 0.4) is 0 Å². The van der Waals surface area contributed by atoms with E-state index in [1.807, 2.05) is 24.4 Å². The van der Waals surface area contributed by atoms with E-state index in [-0.39, 0.29) is 12.1 Å². The third kappa shape index (κ3) is 3.72. The molecule has 0 amide bonds. The maximum Gasteiger partial charge on any atom is 0.174 e. The van der Waals surface area contributed by atoms with E-state index in [2.05, 4.69) is 102 Å². The van der Waals surface area contributed by atoms with E-state index in [1.54, 1.807) is 0 Å². The smallest absolute Gasteiger partial charge is 0.174 e. The number of thiocarbonyl (C=S) groups is 1. The van der Waals surface area contributed by atoms with Gasteiger partial charge in [0.05, 0.1) is 17.8 Å². The van der Waals surface area contributed by atoms with Gasteiger partial charge in [-0.05, 0) is 93.0 Å². The SMILES string of the molecule is Cc1ccc(C)c(-n2c(C)cc([C@H]3[C@H](c4ccccn4)NC(=S)N3c3ccccc3)c2C)c1. The molecule has 5 heteroatoms. The molecule has 1 N–H and O–H groups in total. The monoisotopic (exact) mass is 452 g/mol. The van der Waals surface area contributed by atoms with Gasteiger partial charge in [0, 0.05) is 29.0 Å². The maximum atomic E-state index is 5.87. The molecular formula is C28H28N4S. The highest BCUT2D eigenvalue weighted by Gasteiger charge is 2.42. The number of hydrogen-bond acceptors (Lipinski definition) is 2. The average molecular weight is 453 g/mol. The molecule has 2 atom stereocenters. The van der Waals surface area contributed by atoms with Crippen molar-refractivity contribution < 1.29 is 0 Å². The van der Waals surface area contributed by atoms with E-state index in [0.29, 0.717) is 0 Å². The van der Waals surface area contributed by atoms with Gasteiger partial charge >= 0.3 is 0 Å². The number of para-hydroxylation sites is 1. The molecule has 1 saturated heterocycles. The van der Waals surface area contributed by atoms with Crippen molar-refractivity contribution >= 4 is 23.0 Å². The van der Waals surface area contributed by atoms with Gasteiger partial charge in [0.15, 0.2) is 5.11 Å². The molecule has 1 aliphatic heterocycles. The Kier molecular flexibility index (Phi) is 5.51. The highest BCUT2D eigenvalue weighted by molar-refractivity contribution is 7.80. The van der Waals surface area contributed by atoms with Crippen molar-refractivity contribution in [1.29, 1.82) is 0 Å². The molecule has 4 aromatic rings. The Bertz CT molecular complexity index is 1310. The Labute approximate surface area is 200 Å². The zero-order valence-corrected chi connectivity index (χ0v) is 20.2. The molecule has 0 spiro atoms. The number of nitrogens with one attached hydrogen (secondary N) is 1. The van der Waals surface area contributed by atoms with Crippen molar-refractivity contribution in [2.45, 2.75) is 39.8 Å². The fraction of sp³-hybridized carbons (Fsp3) is 0.214. The summed E-state index contributed by atoms with van der Waals surface area (Å²) in [5.41, 5.74) is 9.49. The molecule has 5 rings (SSSR count). The third-order valence-corrected chi connectivity index (χ3v) is 6.84. The Balaban J connectivity index is 1.70. The van der Waals surface area contributed by atoms with Crippen molar-refractivity contribution in [3.05, 3.63) is 113 Å². The first-order valence-electron chi connectivity index (χ1n) is 11.3. The molecule has 1 fully saturated rings. The van der Waals surface area contributed by atoms with Gasteiger partial charge in [0.25, 0.3) is 0 Å². The Hall–Kier alpha value is -3.44. The molecule has 33 heavy (non-hydrogen) atoms. The van der Waals surface area contributed by atoms with Crippen LogP contribution in [0.25, 0.3) is 5.69 Å². The van der Waals surface area contributed by atoms with Crippen LogP contribution in [0, 0.1) is 27.7 Å². The molecular weight excluding hydrogens is 424 g/mol. The predicted molar refractivity (Wildman–Crippen MR) is 139 cm³/mol. The van der Waals surface area contributed by atoms with Crippen LogP contribution < -0.4 is 10.2 Å². The van der Waals surface area contributed by atoms with Gasteiger partial charge in [0.1, 0.15) is 0 Å². The van der Waals surface area contributed by atoms with Gasteiger partial charge in [0.2, 0.25) is 0 Å². The lowest BCUT2D eigenvalue weighted by atomic mass is 9.96. The molecule has 0 bridgehead atoms. The predicted octanol–water partition coefficient (Wildman–Crippen LogP) is 6.28. The van der Waals surface area contributed by atoms with Crippen molar-refractivity contribution in [2.24, 2.45) is 0 Å². The molecule has 0 saturated carbocycles. The fourth-order valence-corrected chi connectivity index (χ4v) is 5.30. The Morgan fingerprint density at radius 1 is 0.879 bits per heavy atom. The summed E-state index contributed by atoms with van der Waals surface area (Å²) in [7, 11) is 0. The minimum absolute atomic E-state index is 0.0140. The molecule has 0 radical (unpaired) electrons. The number of pyridine rings is 1. The Morgan fingerprint density at radius 2 is 1.64 bits per heavy atom. The normalized spacial score (nSPS) is 17.9. The number of anilines is 1. The van der Waals surface area contributed by atoms with Gasteiger partial charge < -0.3 is 14.8 Å². The van der Waals surface area contributed by atoms with Crippen LogP contribution in [0.1, 0.15) is 45.9 Å². The molecule has 166 valence electrons. The topological polar surface area (TPSA) is 33.1 Å². The zero-order valence-electron chi connectivity index (χ0n) is 19.4. The van der Waals surface area contributed by atoms with Crippen LogP contribution in [0.5, 0.6) is 0 Å². The lowest BCUT2D eigenvalue weighted by molar-refractivity contribution is 0.565. The van der Waals surface area contributed by atoms with Crippen molar-refractivity contribution in [3.63, 3.8) is 0 Å². The van der Waals surface area contributed by atoms with Gasteiger partial charge in [-0.25, -0.2) is 0 Å². The summed E-state index contributed by atoms with van der Waals surface area (Å²) < 4.78 is 2.37. The molecule has 3 heterocycles. The summed E-state index contributed by atoms with van der Waals surface area (Å²) in [6.45, 7) is 8.71. The van der Waals surface area contributed by atoms with Crippen LogP contribution >= 0.6 is 12.2 Å². The lowest BCUT2D eigenvalue weighted by Crippen LogP contribution is -2.29. The zero-order chi connectivity index (χ0) is 23.1. The van der Waals surface area contributed by atoms with Gasteiger partial charge in [-0.2, -0.15) is 0 Å². The summed E-state index contributed by atoms with van der Waals surface area (Å²) in [5, 5.41) is 4.29. The standard InChI is InChI=1S/C28H28N4S/c1-18-13-14-19(2)25(16-18)31-20(3)17-23(21(31)4)27-26(24-12-8-9-15-29-24)30-28(33)32(27)22-10-6-5-7-11-22/h5-17,26-27H,1-4H3,(H,30,33)/t26-,27-/m0/s1. The van der Waals surface area contributed by atoms with E-state index in [9.17, 15) is 0 Å². The third-order valence-electron chi connectivity index (χ3n) is 6.53. The highest BCUT2D eigenvalue weighted by atomic mass is 32.1. The second kappa shape index (κ2) is 8.49. The van der Waals surface area contributed by atoms with Gasteiger partial charge in [-0.15, -0.1) is 0 Å². The van der Waals surface area contributed by atoms with Crippen LogP contribution in [-0.2, 0) is 0 Å². The minimum Gasteiger partial charge on any atom is -0.351 e. The maximum absolute atomic E-state index is 5.87. The van der Waals surface area contributed by atoms with E-state index >= 15 is 0 Å². The quantitative estimate of drug-likeness (QED) is 0.369. The molecule has 2 aromatic carbocycles. The summed E-state index contributed by atoms with van der Waals surface area (Å²) in [5.74, 6) is 0. The largest absolute Gasteiger partial charge is 0.351 e. The number of benzene rings is 2. The summed E-state index contributed by atoms with van der Waals surface area (Å²) in [4.78, 5) is 6.93. The first-order chi connectivity index (χ1) is 16.0. The number of aromatic nitrogens is 2. The molecule has 0 unspecified atom stereocenters. The van der Waals surface area contributed by atoms with Crippen LogP contribution in [-0.4, -0.2) is 14.7 Å². The molecule has 4 nitrogen and oxygen atoms in total. The van der Waals surface area contributed by atoms with Crippen molar-refractivity contribution in [3.8, 4) is 5.69 Å². The minimum atomic E-state index is -0.0496. The lowest BCUT2D eigenvalue weighted by Gasteiger charge is -2.28. The number of nitrogens with zero attached hydrogens (tertiary/aromatic N) is 3. The first-order valence-corrected chi connectivity index (χ1v) is 11.7. The van der Waals surface area contributed by atoms with E-state index in [1.165, 1.54) is 33.8 Å². The Morgan fingerprint density at radius 3 is 2.36 bits per heavy atom. The molecule has 0 aliphatic carbocycles. The van der Waals surface area contributed by atoms with E-state index in [4.69, 9.17) is 12.2 Å². The average Bonchev–Trinajstić information content (AvgIpc) is 3.32. The second-order valence-electron chi connectivity index (χ2n) is 8.78. The van der Waals surface area contributed by atoms with Crippen LogP contribution in [0.15, 0.2) is 79.0 Å². The van der Waals surface area contributed by atoms with E-state index in [0.717, 1.165) is 16.5 Å². The fourth-order valence-electron chi connectivity index (χ4n) is 4.96. The van der Waals surface area contributed by atoms with Crippen LogP contribution in [0.4, 0.5) is 5.69 Å². The van der Waals surface area contributed by atoms with Crippen molar-refractivity contribution in [1.82, 2.24) is 14.9 Å². The summed E-state index contributed by atoms with van der Waals surface area (Å²) >= 11 is 5.87. The van der Waals surface area contributed by atoms with E-state index < -0.39 is 0 Å². The number of hydrogen-bond donors (Lipinski definition) is 1. The summed E-state index contributed by atoms with van der Waals surface area (Å²) in [6, 6.07) is 25.3. The summed E-state index contributed by atoms with van der Waals surface area (Å²) in [6.07, 6.45) is 1.85.